The molecule has 3 atom stereocenters. The van der Waals surface area contributed by atoms with Gasteiger partial charge < -0.3 is 5.11 Å². The molecule has 3 unspecified atom stereocenters. The van der Waals surface area contributed by atoms with Crippen LogP contribution in [0.5, 0.6) is 0 Å². The molecule has 0 bridgehead atoms. The maximum absolute atomic E-state index is 11.8. The molecule has 2 heteroatoms. The lowest BCUT2D eigenvalue weighted by Gasteiger charge is -2.33. The summed E-state index contributed by atoms with van der Waals surface area (Å²) < 4.78 is 0. The number of aliphatic hydroxyl groups is 1. The molecule has 0 aromatic carbocycles. The van der Waals surface area contributed by atoms with Crippen molar-refractivity contribution < 1.29 is 9.90 Å². The largest absolute Gasteiger partial charge is 0.384 e. The van der Waals surface area contributed by atoms with Crippen LogP contribution in [0, 0.1) is 11.8 Å². The van der Waals surface area contributed by atoms with E-state index in [9.17, 15) is 9.90 Å². The van der Waals surface area contributed by atoms with Gasteiger partial charge in [-0.2, -0.15) is 0 Å². The minimum Gasteiger partial charge on any atom is -0.384 e. The molecule has 1 N–H and O–H groups in total. The molecule has 0 saturated heterocycles. The Bertz CT molecular complexity index is 316. The molecule has 0 radical (unpaired) electrons. The second-order valence-electron chi connectivity index (χ2n) is 4.87. The second-order valence-corrected chi connectivity index (χ2v) is 4.87. The van der Waals surface area contributed by atoms with Crippen molar-refractivity contribution in [1.82, 2.24) is 0 Å². The Hall–Kier alpha value is -0.630. The van der Waals surface area contributed by atoms with Crippen LogP contribution >= 0.6 is 0 Å². The number of Topliss-reactive ketones (excluding diaryl/α,β-unsaturated/α-hetero) is 1. The van der Waals surface area contributed by atoms with Crippen molar-refractivity contribution in [2.24, 2.45) is 11.8 Å². The highest BCUT2D eigenvalue weighted by Gasteiger charge is 2.45. The van der Waals surface area contributed by atoms with Crippen molar-refractivity contribution in [2.75, 3.05) is 0 Å². The third kappa shape index (κ3) is 0.977. The van der Waals surface area contributed by atoms with E-state index in [2.05, 4.69) is 0 Å². The number of hydrogen-bond donors (Lipinski definition) is 1. The first-order valence-corrected chi connectivity index (χ1v) is 5.74. The minimum atomic E-state index is -0.680. The molecule has 2 nitrogen and oxygen atoms in total. The van der Waals surface area contributed by atoms with Gasteiger partial charge in [0.05, 0.1) is 0 Å². The molecule has 0 heterocycles. The van der Waals surface area contributed by atoms with Gasteiger partial charge >= 0.3 is 0 Å². The standard InChI is InChI=1S/C12H16O2/c13-11-8-5-1-3-7-4-2-6-9(10(7)8)12(11)14/h7-8,11,13H,1-6H2. The number of aliphatic hydroxyl groups excluding tert-OH is 1. The van der Waals surface area contributed by atoms with Crippen molar-refractivity contribution >= 4 is 5.78 Å². The van der Waals surface area contributed by atoms with Crippen LogP contribution in [0.25, 0.3) is 0 Å². The van der Waals surface area contributed by atoms with Crippen LogP contribution in [0.1, 0.15) is 38.5 Å². The molecular formula is C12H16O2. The third-order valence-corrected chi connectivity index (χ3v) is 4.18. The molecule has 1 saturated carbocycles. The van der Waals surface area contributed by atoms with Crippen LogP contribution in [0.4, 0.5) is 0 Å². The van der Waals surface area contributed by atoms with Crippen LogP contribution in [0.15, 0.2) is 11.1 Å². The monoisotopic (exact) mass is 192 g/mol. The van der Waals surface area contributed by atoms with Crippen molar-refractivity contribution in [1.29, 1.82) is 0 Å². The Balaban J connectivity index is 2.07. The first-order chi connectivity index (χ1) is 6.79. The van der Waals surface area contributed by atoms with Crippen molar-refractivity contribution in [2.45, 2.75) is 44.6 Å². The Labute approximate surface area is 84.0 Å². The summed E-state index contributed by atoms with van der Waals surface area (Å²) in [6.45, 7) is 0. The summed E-state index contributed by atoms with van der Waals surface area (Å²) in [5.41, 5.74) is 2.37. The number of carbonyl (C=O) groups is 1. The molecule has 1 fully saturated rings. The maximum Gasteiger partial charge on any atom is 0.187 e. The van der Waals surface area contributed by atoms with Crippen molar-refractivity contribution in [3.8, 4) is 0 Å². The lowest BCUT2D eigenvalue weighted by Crippen LogP contribution is -2.27. The minimum absolute atomic E-state index is 0.0524. The molecule has 0 spiro atoms. The van der Waals surface area contributed by atoms with Crippen molar-refractivity contribution in [3.63, 3.8) is 0 Å². The van der Waals surface area contributed by atoms with Gasteiger partial charge in [-0.05, 0) is 43.6 Å². The summed E-state index contributed by atoms with van der Waals surface area (Å²) in [6.07, 6.45) is 6.11. The molecular weight excluding hydrogens is 176 g/mol. The van der Waals surface area contributed by atoms with Gasteiger partial charge in [0.2, 0.25) is 0 Å². The quantitative estimate of drug-likeness (QED) is 0.635. The van der Waals surface area contributed by atoms with Gasteiger partial charge in [-0.3, -0.25) is 4.79 Å². The fraction of sp³-hybridized carbons (Fsp3) is 0.750. The Morgan fingerprint density at radius 2 is 1.93 bits per heavy atom. The second kappa shape index (κ2) is 2.93. The fourth-order valence-corrected chi connectivity index (χ4v) is 3.59. The molecule has 76 valence electrons. The van der Waals surface area contributed by atoms with Gasteiger partial charge in [0.1, 0.15) is 6.10 Å². The Morgan fingerprint density at radius 3 is 2.79 bits per heavy atom. The van der Waals surface area contributed by atoms with E-state index < -0.39 is 6.10 Å². The molecule has 3 aliphatic carbocycles. The molecule has 0 aromatic rings. The summed E-state index contributed by atoms with van der Waals surface area (Å²) in [6, 6.07) is 0. The van der Waals surface area contributed by atoms with Gasteiger partial charge in [0.25, 0.3) is 0 Å². The zero-order valence-corrected chi connectivity index (χ0v) is 8.33. The van der Waals surface area contributed by atoms with Gasteiger partial charge in [0.15, 0.2) is 5.78 Å². The SMILES string of the molecule is O=C1C2=C3C(CCC2)CCCC3C1O. The predicted octanol–water partition coefficient (Wildman–Crippen LogP) is 1.83. The van der Waals surface area contributed by atoms with E-state index in [1.165, 1.54) is 24.8 Å². The molecule has 14 heavy (non-hydrogen) atoms. The summed E-state index contributed by atoms with van der Waals surface area (Å²) >= 11 is 0. The predicted molar refractivity (Wildman–Crippen MR) is 52.7 cm³/mol. The highest BCUT2D eigenvalue weighted by molar-refractivity contribution is 6.03. The van der Waals surface area contributed by atoms with Gasteiger partial charge in [0, 0.05) is 5.92 Å². The molecule has 3 aliphatic rings. The van der Waals surface area contributed by atoms with E-state index in [0.717, 1.165) is 24.8 Å². The van der Waals surface area contributed by atoms with E-state index in [1.807, 2.05) is 0 Å². The van der Waals surface area contributed by atoms with Crippen LogP contribution < -0.4 is 0 Å². The number of rotatable bonds is 0. The van der Waals surface area contributed by atoms with Crippen molar-refractivity contribution in [3.05, 3.63) is 11.1 Å². The molecule has 0 aromatic heterocycles. The van der Waals surface area contributed by atoms with Gasteiger partial charge in [-0.15, -0.1) is 0 Å². The first kappa shape index (κ1) is 8.66. The molecule has 0 amide bonds. The first-order valence-electron chi connectivity index (χ1n) is 5.74. The van der Waals surface area contributed by atoms with E-state index in [0.29, 0.717) is 5.92 Å². The van der Waals surface area contributed by atoms with E-state index in [-0.39, 0.29) is 11.7 Å². The fourth-order valence-electron chi connectivity index (χ4n) is 3.59. The Morgan fingerprint density at radius 1 is 1.14 bits per heavy atom. The lowest BCUT2D eigenvalue weighted by molar-refractivity contribution is -0.123. The number of ketones is 1. The summed E-state index contributed by atoms with van der Waals surface area (Å²) in [5, 5.41) is 9.85. The van der Waals surface area contributed by atoms with Crippen LogP contribution in [0.3, 0.4) is 0 Å². The van der Waals surface area contributed by atoms with Gasteiger partial charge in [-0.25, -0.2) is 0 Å². The zero-order chi connectivity index (χ0) is 9.71. The maximum atomic E-state index is 11.8. The van der Waals surface area contributed by atoms with Crippen LogP contribution in [0.2, 0.25) is 0 Å². The van der Waals surface area contributed by atoms with E-state index in [4.69, 9.17) is 0 Å². The zero-order valence-electron chi connectivity index (χ0n) is 8.33. The number of hydrogen-bond acceptors (Lipinski definition) is 2. The van der Waals surface area contributed by atoms with E-state index >= 15 is 0 Å². The van der Waals surface area contributed by atoms with Crippen LogP contribution in [-0.2, 0) is 4.79 Å². The average Bonchev–Trinajstić information content (AvgIpc) is 2.47. The Kier molecular flexibility index (Phi) is 1.81. The highest BCUT2D eigenvalue weighted by Crippen LogP contribution is 2.49. The average molecular weight is 192 g/mol. The topological polar surface area (TPSA) is 37.3 Å². The lowest BCUT2D eigenvalue weighted by atomic mass is 9.72. The van der Waals surface area contributed by atoms with E-state index in [1.54, 1.807) is 0 Å². The normalized spacial score (nSPS) is 41.5. The molecule has 3 rings (SSSR count). The number of carbonyl (C=O) groups excluding carboxylic acids is 1. The summed E-state index contributed by atoms with van der Waals surface area (Å²) in [4.78, 5) is 11.8. The smallest absolute Gasteiger partial charge is 0.187 e. The highest BCUT2D eigenvalue weighted by atomic mass is 16.3. The van der Waals surface area contributed by atoms with Gasteiger partial charge in [-0.1, -0.05) is 12.0 Å². The molecule has 0 aliphatic heterocycles. The van der Waals surface area contributed by atoms with Crippen LogP contribution in [-0.4, -0.2) is 17.0 Å². The third-order valence-electron chi connectivity index (χ3n) is 4.18. The summed E-state index contributed by atoms with van der Waals surface area (Å²) in [7, 11) is 0. The summed E-state index contributed by atoms with van der Waals surface area (Å²) in [5.74, 6) is 0.895.